The maximum absolute atomic E-state index is 12.4. The van der Waals surface area contributed by atoms with Gasteiger partial charge in [0, 0.05) is 38.6 Å². The fourth-order valence-electron chi connectivity index (χ4n) is 3.15. The third-order valence-electron chi connectivity index (χ3n) is 4.58. The maximum atomic E-state index is 12.4. The maximum Gasteiger partial charge on any atom is 0.237 e. The Labute approximate surface area is 136 Å². The van der Waals surface area contributed by atoms with Crippen molar-refractivity contribution in [2.24, 2.45) is 0 Å². The fraction of sp³-hybridized carbons (Fsp3) is 0.750. The van der Waals surface area contributed by atoms with Crippen LogP contribution in [0.15, 0.2) is 18.5 Å². The average molecular weight is 322 g/mol. The lowest BCUT2D eigenvalue weighted by Crippen LogP contribution is -2.53. The van der Waals surface area contributed by atoms with Crippen molar-refractivity contribution >= 4 is 5.91 Å². The number of carbonyl (C=O) groups excluding carboxylic acids is 1. The van der Waals surface area contributed by atoms with Crippen LogP contribution in [-0.2, 0) is 20.8 Å². The summed E-state index contributed by atoms with van der Waals surface area (Å²) in [5.41, 5.74) is 0. The van der Waals surface area contributed by atoms with Crippen LogP contribution in [0.4, 0.5) is 0 Å². The molecule has 0 radical (unpaired) electrons. The molecule has 7 heteroatoms. The predicted octanol–water partition coefficient (Wildman–Crippen LogP) is 0.268. The van der Waals surface area contributed by atoms with Gasteiger partial charge in [-0.2, -0.15) is 5.10 Å². The first-order chi connectivity index (χ1) is 11.2. The van der Waals surface area contributed by atoms with Crippen LogP contribution < -0.4 is 5.32 Å². The van der Waals surface area contributed by atoms with Crippen molar-refractivity contribution in [3.05, 3.63) is 18.5 Å². The van der Waals surface area contributed by atoms with Crippen molar-refractivity contribution in [2.75, 3.05) is 32.8 Å². The smallest absolute Gasteiger partial charge is 0.237 e. The molecule has 3 atom stereocenters. The number of hydrogen-bond donors (Lipinski definition) is 1. The van der Waals surface area contributed by atoms with Crippen LogP contribution in [0.25, 0.3) is 0 Å². The fourth-order valence-corrected chi connectivity index (χ4v) is 3.15. The van der Waals surface area contributed by atoms with Crippen LogP contribution >= 0.6 is 0 Å². The van der Waals surface area contributed by atoms with Gasteiger partial charge in [0.2, 0.25) is 5.91 Å². The van der Waals surface area contributed by atoms with Gasteiger partial charge in [0.1, 0.15) is 0 Å². The molecule has 1 aromatic rings. The molecule has 1 N–H and O–H groups in total. The highest BCUT2D eigenvalue weighted by molar-refractivity contribution is 5.81. The van der Waals surface area contributed by atoms with Gasteiger partial charge >= 0.3 is 0 Å². The second-order valence-electron chi connectivity index (χ2n) is 6.27. The van der Waals surface area contributed by atoms with Crippen molar-refractivity contribution in [3.63, 3.8) is 0 Å². The predicted molar refractivity (Wildman–Crippen MR) is 85.0 cm³/mol. The van der Waals surface area contributed by atoms with Crippen LogP contribution in [0.1, 0.15) is 19.8 Å². The Kier molecular flexibility index (Phi) is 5.64. The molecule has 2 fully saturated rings. The summed E-state index contributed by atoms with van der Waals surface area (Å²) < 4.78 is 13.2. The van der Waals surface area contributed by atoms with Gasteiger partial charge in [-0.1, -0.05) is 0 Å². The Hall–Kier alpha value is -1.44. The number of nitrogens with zero attached hydrogens (tertiary/aromatic N) is 3. The van der Waals surface area contributed by atoms with E-state index in [-0.39, 0.29) is 24.2 Å². The lowest BCUT2D eigenvalue weighted by molar-refractivity contribution is -0.130. The monoisotopic (exact) mass is 322 g/mol. The number of morpholine rings is 1. The highest BCUT2D eigenvalue weighted by Crippen LogP contribution is 2.13. The van der Waals surface area contributed by atoms with E-state index in [0.29, 0.717) is 19.7 Å². The standard InChI is InChI=1S/C16H26N4O3/c1-13(16(21)17-10-14-4-2-8-22-14)19-7-9-23-15(11-19)12-20-6-3-5-18-20/h3,5-6,13-15H,2,4,7-12H2,1H3,(H,17,21)/t13-,14+,15+/m1/s1. The molecular weight excluding hydrogens is 296 g/mol. The number of aromatic nitrogens is 2. The first kappa shape index (κ1) is 16.4. The Balaban J connectivity index is 1.45. The van der Waals surface area contributed by atoms with Crippen LogP contribution in [-0.4, -0.2) is 71.7 Å². The molecule has 0 bridgehead atoms. The minimum atomic E-state index is -0.152. The highest BCUT2D eigenvalue weighted by Gasteiger charge is 2.28. The van der Waals surface area contributed by atoms with Gasteiger partial charge in [-0.15, -0.1) is 0 Å². The summed E-state index contributed by atoms with van der Waals surface area (Å²) in [6, 6.07) is 1.75. The van der Waals surface area contributed by atoms with Gasteiger partial charge in [0.25, 0.3) is 0 Å². The van der Waals surface area contributed by atoms with E-state index in [0.717, 1.165) is 32.5 Å². The topological polar surface area (TPSA) is 68.6 Å². The molecule has 0 aliphatic carbocycles. The molecule has 2 aliphatic rings. The Morgan fingerprint density at radius 3 is 3.00 bits per heavy atom. The van der Waals surface area contributed by atoms with E-state index in [1.165, 1.54) is 0 Å². The molecule has 7 nitrogen and oxygen atoms in total. The summed E-state index contributed by atoms with van der Waals surface area (Å²) in [6.07, 6.45) is 6.08. The second kappa shape index (κ2) is 7.90. The molecule has 3 heterocycles. The Morgan fingerprint density at radius 1 is 1.39 bits per heavy atom. The number of carbonyl (C=O) groups is 1. The summed E-state index contributed by atoms with van der Waals surface area (Å²) in [5, 5.41) is 7.23. The Morgan fingerprint density at radius 2 is 2.26 bits per heavy atom. The molecule has 2 saturated heterocycles. The molecule has 0 aromatic carbocycles. The van der Waals surface area contributed by atoms with Crippen molar-refractivity contribution in [1.29, 1.82) is 0 Å². The lowest BCUT2D eigenvalue weighted by atomic mass is 10.2. The minimum Gasteiger partial charge on any atom is -0.376 e. The first-order valence-corrected chi connectivity index (χ1v) is 8.45. The summed E-state index contributed by atoms with van der Waals surface area (Å²) in [7, 11) is 0. The Bertz CT molecular complexity index is 488. The van der Waals surface area contributed by atoms with Gasteiger partial charge in [-0.05, 0) is 25.8 Å². The van der Waals surface area contributed by atoms with E-state index in [4.69, 9.17) is 9.47 Å². The molecular formula is C16H26N4O3. The second-order valence-corrected chi connectivity index (χ2v) is 6.27. The normalized spacial score (nSPS) is 27.0. The molecule has 23 heavy (non-hydrogen) atoms. The average Bonchev–Trinajstić information content (AvgIpc) is 3.25. The zero-order valence-corrected chi connectivity index (χ0v) is 13.7. The van der Waals surface area contributed by atoms with Crippen molar-refractivity contribution < 1.29 is 14.3 Å². The molecule has 0 saturated carbocycles. The van der Waals surface area contributed by atoms with E-state index in [1.807, 2.05) is 23.9 Å². The molecule has 3 rings (SSSR count). The summed E-state index contributed by atoms with van der Waals surface area (Å²) >= 11 is 0. The largest absolute Gasteiger partial charge is 0.376 e. The minimum absolute atomic E-state index is 0.0667. The van der Waals surface area contributed by atoms with Gasteiger partial charge in [0.05, 0.1) is 31.4 Å². The number of hydrogen-bond acceptors (Lipinski definition) is 5. The molecule has 128 valence electrons. The van der Waals surface area contributed by atoms with Gasteiger partial charge in [-0.25, -0.2) is 0 Å². The van der Waals surface area contributed by atoms with E-state index in [2.05, 4.69) is 15.3 Å². The molecule has 1 amide bonds. The molecule has 0 unspecified atom stereocenters. The van der Waals surface area contributed by atoms with E-state index < -0.39 is 0 Å². The van der Waals surface area contributed by atoms with Gasteiger partial charge < -0.3 is 14.8 Å². The number of ether oxygens (including phenoxy) is 2. The highest BCUT2D eigenvalue weighted by atomic mass is 16.5. The third-order valence-corrected chi connectivity index (χ3v) is 4.58. The number of rotatable bonds is 6. The molecule has 0 spiro atoms. The van der Waals surface area contributed by atoms with Crippen molar-refractivity contribution in [3.8, 4) is 0 Å². The van der Waals surface area contributed by atoms with Gasteiger partial charge in [-0.3, -0.25) is 14.4 Å². The van der Waals surface area contributed by atoms with E-state index >= 15 is 0 Å². The van der Waals surface area contributed by atoms with Gasteiger partial charge in [0.15, 0.2) is 0 Å². The van der Waals surface area contributed by atoms with Crippen LogP contribution in [0, 0.1) is 0 Å². The molecule has 2 aliphatic heterocycles. The first-order valence-electron chi connectivity index (χ1n) is 8.45. The van der Waals surface area contributed by atoms with Crippen LogP contribution in [0.5, 0.6) is 0 Å². The zero-order valence-electron chi connectivity index (χ0n) is 13.7. The lowest BCUT2D eigenvalue weighted by Gasteiger charge is -2.36. The summed E-state index contributed by atoms with van der Waals surface area (Å²) in [6.45, 7) is 6.28. The third kappa shape index (κ3) is 4.53. The van der Waals surface area contributed by atoms with E-state index in [1.54, 1.807) is 6.20 Å². The number of amides is 1. The van der Waals surface area contributed by atoms with E-state index in [9.17, 15) is 4.79 Å². The van der Waals surface area contributed by atoms with Crippen molar-refractivity contribution in [2.45, 2.75) is 44.6 Å². The zero-order chi connectivity index (χ0) is 16.1. The molecule has 1 aromatic heterocycles. The SMILES string of the molecule is C[C@H](C(=O)NC[C@@H]1CCCO1)N1CCO[C@H](Cn2cccn2)C1. The van der Waals surface area contributed by atoms with Crippen LogP contribution in [0.3, 0.4) is 0 Å². The van der Waals surface area contributed by atoms with Crippen molar-refractivity contribution in [1.82, 2.24) is 20.0 Å². The van der Waals surface area contributed by atoms with Crippen LogP contribution in [0.2, 0.25) is 0 Å². The number of nitrogens with one attached hydrogen (secondary N) is 1. The summed E-state index contributed by atoms with van der Waals surface area (Å²) in [5.74, 6) is 0.0697. The summed E-state index contributed by atoms with van der Waals surface area (Å²) in [4.78, 5) is 14.5. The quantitative estimate of drug-likeness (QED) is 0.814.